The molecule has 1 amide bonds. The highest BCUT2D eigenvalue weighted by atomic mass is 16.1. The van der Waals surface area contributed by atoms with Crippen LogP contribution >= 0.6 is 0 Å². The maximum Gasteiger partial charge on any atom is 0.229 e. The average Bonchev–Trinajstić information content (AvgIpc) is 2.82. The molecule has 1 aromatic carbocycles. The molecule has 0 saturated carbocycles. The number of benzene rings is 1. The van der Waals surface area contributed by atoms with Crippen LogP contribution in [0.4, 0.5) is 5.69 Å². The molecule has 19 heavy (non-hydrogen) atoms. The lowest BCUT2D eigenvalue weighted by Gasteiger charge is -2.14. The molecule has 0 aliphatic carbocycles. The maximum absolute atomic E-state index is 12.1. The summed E-state index contributed by atoms with van der Waals surface area (Å²) in [6.07, 6.45) is 4.02. The summed E-state index contributed by atoms with van der Waals surface area (Å²) in [5.74, 6) is -0.304. The second-order valence-electron chi connectivity index (χ2n) is 4.51. The number of carbonyl (C=O) groups excluding carboxylic acids is 1. The SMILES string of the molecule is Cn1cc(NC(=O)C(CN)Cc2ccccc2)cn1. The van der Waals surface area contributed by atoms with E-state index in [4.69, 9.17) is 5.73 Å². The van der Waals surface area contributed by atoms with E-state index in [1.807, 2.05) is 30.3 Å². The molecule has 1 aromatic heterocycles. The van der Waals surface area contributed by atoms with Crippen LogP contribution in [-0.4, -0.2) is 22.2 Å². The van der Waals surface area contributed by atoms with Crippen molar-refractivity contribution in [2.24, 2.45) is 18.7 Å². The van der Waals surface area contributed by atoms with Crippen molar-refractivity contribution in [2.75, 3.05) is 11.9 Å². The van der Waals surface area contributed by atoms with Gasteiger partial charge in [0.05, 0.1) is 17.8 Å². The zero-order valence-corrected chi connectivity index (χ0v) is 10.9. The number of nitrogens with one attached hydrogen (secondary N) is 1. The number of aromatic nitrogens is 2. The van der Waals surface area contributed by atoms with Gasteiger partial charge >= 0.3 is 0 Å². The zero-order valence-electron chi connectivity index (χ0n) is 10.9. The maximum atomic E-state index is 12.1. The first-order chi connectivity index (χ1) is 9.19. The van der Waals surface area contributed by atoms with Crippen LogP contribution in [-0.2, 0) is 18.3 Å². The van der Waals surface area contributed by atoms with Gasteiger partial charge in [0.25, 0.3) is 0 Å². The molecule has 0 saturated heterocycles. The van der Waals surface area contributed by atoms with Crippen molar-refractivity contribution in [1.29, 1.82) is 0 Å². The molecular weight excluding hydrogens is 240 g/mol. The first kappa shape index (κ1) is 13.3. The lowest BCUT2D eigenvalue weighted by molar-refractivity contribution is -0.119. The van der Waals surface area contributed by atoms with Crippen LogP contribution < -0.4 is 11.1 Å². The minimum atomic E-state index is -0.234. The fourth-order valence-corrected chi connectivity index (χ4v) is 1.91. The van der Waals surface area contributed by atoms with Crippen molar-refractivity contribution in [3.8, 4) is 0 Å². The van der Waals surface area contributed by atoms with Gasteiger partial charge in [-0.15, -0.1) is 0 Å². The molecule has 0 spiro atoms. The molecule has 0 bridgehead atoms. The Morgan fingerprint density at radius 2 is 2.16 bits per heavy atom. The van der Waals surface area contributed by atoms with Gasteiger partial charge in [-0.1, -0.05) is 30.3 Å². The molecule has 0 fully saturated rings. The summed E-state index contributed by atoms with van der Waals surface area (Å²) in [7, 11) is 1.81. The van der Waals surface area contributed by atoms with E-state index in [1.54, 1.807) is 24.1 Å². The lowest BCUT2D eigenvalue weighted by Crippen LogP contribution is -2.30. The number of aryl methyl sites for hydroxylation is 1. The number of nitrogens with two attached hydrogens (primary N) is 1. The highest BCUT2D eigenvalue weighted by Gasteiger charge is 2.17. The van der Waals surface area contributed by atoms with Crippen molar-refractivity contribution < 1.29 is 4.79 Å². The van der Waals surface area contributed by atoms with Crippen molar-refractivity contribution in [3.63, 3.8) is 0 Å². The monoisotopic (exact) mass is 258 g/mol. The third-order valence-electron chi connectivity index (χ3n) is 2.95. The number of hydrogen-bond acceptors (Lipinski definition) is 3. The van der Waals surface area contributed by atoms with E-state index in [0.29, 0.717) is 18.7 Å². The number of hydrogen-bond donors (Lipinski definition) is 2. The molecule has 5 heteroatoms. The predicted octanol–water partition coefficient (Wildman–Crippen LogP) is 1.18. The van der Waals surface area contributed by atoms with E-state index in [2.05, 4.69) is 10.4 Å². The summed E-state index contributed by atoms with van der Waals surface area (Å²) in [6, 6.07) is 9.88. The van der Waals surface area contributed by atoms with E-state index >= 15 is 0 Å². The smallest absolute Gasteiger partial charge is 0.229 e. The van der Waals surface area contributed by atoms with Gasteiger partial charge in [0, 0.05) is 19.8 Å². The normalized spacial score (nSPS) is 12.1. The molecule has 1 unspecified atom stereocenters. The minimum Gasteiger partial charge on any atom is -0.330 e. The fraction of sp³-hybridized carbons (Fsp3) is 0.286. The zero-order chi connectivity index (χ0) is 13.7. The molecule has 1 atom stereocenters. The van der Waals surface area contributed by atoms with Crippen LogP contribution in [0.25, 0.3) is 0 Å². The quantitative estimate of drug-likeness (QED) is 0.845. The van der Waals surface area contributed by atoms with E-state index < -0.39 is 0 Å². The van der Waals surface area contributed by atoms with Gasteiger partial charge in [-0.2, -0.15) is 5.10 Å². The summed E-state index contributed by atoms with van der Waals surface area (Å²) < 4.78 is 1.64. The van der Waals surface area contributed by atoms with Gasteiger partial charge in [-0.25, -0.2) is 0 Å². The Hall–Kier alpha value is -2.14. The second kappa shape index (κ2) is 6.15. The van der Waals surface area contributed by atoms with Gasteiger partial charge in [0.15, 0.2) is 0 Å². The van der Waals surface area contributed by atoms with Crippen molar-refractivity contribution in [2.45, 2.75) is 6.42 Å². The molecule has 5 nitrogen and oxygen atoms in total. The Labute approximate surface area is 112 Å². The number of nitrogens with zero attached hydrogens (tertiary/aromatic N) is 2. The molecule has 0 aliphatic rings. The largest absolute Gasteiger partial charge is 0.330 e. The molecule has 100 valence electrons. The topological polar surface area (TPSA) is 72.9 Å². The first-order valence-electron chi connectivity index (χ1n) is 6.22. The molecule has 2 rings (SSSR count). The standard InChI is InChI=1S/C14H18N4O/c1-18-10-13(9-16-18)17-14(19)12(8-15)7-11-5-3-2-4-6-11/h2-6,9-10,12H,7-8,15H2,1H3,(H,17,19). The first-order valence-corrected chi connectivity index (χ1v) is 6.22. The molecule has 1 heterocycles. The number of amides is 1. The Bertz CT molecular complexity index is 535. The molecule has 0 radical (unpaired) electrons. The van der Waals surface area contributed by atoms with Gasteiger partial charge in [-0.05, 0) is 12.0 Å². The van der Waals surface area contributed by atoms with Crippen LogP contribution in [0.3, 0.4) is 0 Å². The molecule has 3 N–H and O–H groups in total. The predicted molar refractivity (Wildman–Crippen MR) is 74.5 cm³/mol. The third-order valence-corrected chi connectivity index (χ3v) is 2.95. The van der Waals surface area contributed by atoms with Gasteiger partial charge in [0.1, 0.15) is 0 Å². The van der Waals surface area contributed by atoms with Crippen molar-refractivity contribution in [1.82, 2.24) is 9.78 Å². The molecular formula is C14H18N4O. The number of carbonyl (C=O) groups is 1. The van der Waals surface area contributed by atoms with Crippen LogP contribution in [0.1, 0.15) is 5.56 Å². The summed E-state index contributed by atoms with van der Waals surface area (Å²) in [4.78, 5) is 12.1. The van der Waals surface area contributed by atoms with Gasteiger partial charge < -0.3 is 11.1 Å². The van der Waals surface area contributed by atoms with E-state index in [0.717, 1.165) is 5.56 Å². The van der Waals surface area contributed by atoms with Crippen molar-refractivity contribution >= 4 is 11.6 Å². The van der Waals surface area contributed by atoms with E-state index in [1.165, 1.54) is 0 Å². The Morgan fingerprint density at radius 3 is 2.74 bits per heavy atom. The van der Waals surface area contributed by atoms with Crippen LogP contribution in [0.15, 0.2) is 42.7 Å². The summed E-state index contributed by atoms with van der Waals surface area (Å²) in [5.41, 5.74) is 7.50. The van der Waals surface area contributed by atoms with Crippen molar-refractivity contribution in [3.05, 3.63) is 48.3 Å². The molecule has 0 aliphatic heterocycles. The second-order valence-corrected chi connectivity index (χ2v) is 4.51. The van der Waals surface area contributed by atoms with Gasteiger partial charge in [0.2, 0.25) is 5.91 Å². The Morgan fingerprint density at radius 1 is 1.42 bits per heavy atom. The lowest BCUT2D eigenvalue weighted by atomic mass is 9.98. The fourth-order valence-electron chi connectivity index (χ4n) is 1.91. The Balaban J connectivity index is 1.99. The average molecular weight is 258 g/mol. The van der Waals surface area contributed by atoms with E-state index in [-0.39, 0.29) is 11.8 Å². The molecule has 2 aromatic rings. The van der Waals surface area contributed by atoms with Crippen LogP contribution in [0.2, 0.25) is 0 Å². The van der Waals surface area contributed by atoms with Crippen LogP contribution in [0, 0.1) is 5.92 Å². The summed E-state index contributed by atoms with van der Waals surface area (Å²) >= 11 is 0. The number of rotatable bonds is 5. The van der Waals surface area contributed by atoms with Gasteiger partial charge in [-0.3, -0.25) is 9.48 Å². The highest BCUT2D eigenvalue weighted by Crippen LogP contribution is 2.11. The minimum absolute atomic E-state index is 0.0700. The Kier molecular flexibility index (Phi) is 4.30. The van der Waals surface area contributed by atoms with E-state index in [9.17, 15) is 4.79 Å². The third kappa shape index (κ3) is 3.66. The summed E-state index contributed by atoms with van der Waals surface area (Å²) in [6.45, 7) is 0.320. The highest BCUT2D eigenvalue weighted by molar-refractivity contribution is 5.92. The summed E-state index contributed by atoms with van der Waals surface area (Å²) in [5, 5.41) is 6.84. The van der Waals surface area contributed by atoms with Crippen LogP contribution in [0.5, 0.6) is 0 Å². The number of anilines is 1.